The minimum Gasteiger partial charge on any atom is -0.494 e. The van der Waals surface area contributed by atoms with Crippen molar-refractivity contribution in [2.45, 2.75) is 51.0 Å². The predicted octanol–water partition coefficient (Wildman–Crippen LogP) is 3.87. The molecule has 0 saturated heterocycles. The van der Waals surface area contributed by atoms with E-state index >= 15 is 0 Å². The van der Waals surface area contributed by atoms with Gasteiger partial charge in [0.15, 0.2) is 0 Å². The van der Waals surface area contributed by atoms with Gasteiger partial charge in [0.25, 0.3) is 0 Å². The molecule has 2 atom stereocenters. The average Bonchev–Trinajstić information content (AvgIpc) is 3.24. The summed E-state index contributed by atoms with van der Waals surface area (Å²) in [6.45, 7) is 2.68. The molecule has 2 nitrogen and oxygen atoms in total. The van der Waals surface area contributed by atoms with E-state index in [0.717, 1.165) is 42.4 Å². The lowest BCUT2D eigenvalue weighted by Gasteiger charge is -2.37. The van der Waals surface area contributed by atoms with Crippen LogP contribution >= 0.6 is 0 Å². The maximum Gasteiger partial charge on any atom is 0.119 e. The highest BCUT2D eigenvalue weighted by atomic mass is 16.5. The largest absolute Gasteiger partial charge is 0.494 e. The van der Waals surface area contributed by atoms with Gasteiger partial charge in [0.1, 0.15) is 5.75 Å². The second kappa shape index (κ2) is 5.16. The average molecular weight is 260 g/mol. The van der Waals surface area contributed by atoms with E-state index in [2.05, 4.69) is 0 Å². The standard InChI is InChI=1S/C17H24O2/c1-2-19-16-9-7-15(8-10-16)17(18)11-3-4-14(12-17)13-5-6-13/h7-10,13-14,18H,2-6,11-12H2,1H3. The number of hydrogen-bond acceptors (Lipinski definition) is 2. The summed E-state index contributed by atoms with van der Waals surface area (Å²) in [6.07, 6.45) is 7.08. The van der Waals surface area contributed by atoms with E-state index in [9.17, 15) is 5.11 Å². The fourth-order valence-corrected chi connectivity index (χ4v) is 3.55. The van der Waals surface area contributed by atoms with E-state index < -0.39 is 5.60 Å². The number of aliphatic hydroxyl groups is 1. The maximum atomic E-state index is 11.0. The van der Waals surface area contributed by atoms with Gasteiger partial charge in [-0.25, -0.2) is 0 Å². The van der Waals surface area contributed by atoms with Crippen LogP contribution in [0.2, 0.25) is 0 Å². The monoisotopic (exact) mass is 260 g/mol. The quantitative estimate of drug-likeness (QED) is 0.890. The molecule has 0 aromatic heterocycles. The van der Waals surface area contributed by atoms with E-state index in [1.807, 2.05) is 31.2 Å². The Morgan fingerprint density at radius 1 is 1.16 bits per heavy atom. The zero-order valence-corrected chi connectivity index (χ0v) is 11.8. The summed E-state index contributed by atoms with van der Waals surface area (Å²) in [5.41, 5.74) is 0.470. The summed E-state index contributed by atoms with van der Waals surface area (Å²) in [5, 5.41) is 11.0. The lowest BCUT2D eigenvalue weighted by Crippen LogP contribution is -2.33. The number of rotatable bonds is 4. The molecule has 2 saturated carbocycles. The van der Waals surface area contributed by atoms with Crippen LogP contribution in [0.3, 0.4) is 0 Å². The summed E-state index contributed by atoms with van der Waals surface area (Å²) < 4.78 is 5.47. The number of ether oxygens (including phenoxy) is 1. The maximum absolute atomic E-state index is 11.0. The van der Waals surface area contributed by atoms with Gasteiger partial charge < -0.3 is 9.84 Å². The van der Waals surface area contributed by atoms with Gasteiger partial charge in [0.2, 0.25) is 0 Å². The molecule has 104 valence electrons. The van der Waals surface area contributed by atoms with Gasteiger partial charge >= 0.3 is 0 Å². The van der Waals surface area contributed by atoms with Crippen molar-refractivity contribution >= 4 is 0 Å². The molecule has 1 N–H and O–H groups in total. The highest BCUT2D eigenvalue weighted by Gasteiger charge is 2.41. The molecular formula is C17H24O2. The van der Waals surface area contributed by atoms with Crippen LogP contribution in [-0.2, 0) is 5.60 Å². The van der Waals surface area contributed by atoms with Gasteiger partial charge in [-0.15, -0.1) is 0 Å². The van der Waals surface area contributed by atoms with E-state index in [-0.39, 0.29) is 0 Å². The van der Waals surface area contributed by atoms with Crippen molar-refractivity contribution in [1.29, 1.82) is 0 Å². The molecule has 0 bridgehead atoms. The third-order valence-electron chi connectivity index (χ3n) is 4.76. The molecule has 0 spiro atoms. The van der Waals surface area contributed by atoms with Crippen molar-refractivity contribution in [3.8, 4) is 5.75 Å². The van der Waals surface area contributed by atoms with Gasteiger partial charge in [-0.2, -0.15) is 0 Å². The molecule has 2 aliphatic carbocycles. The second-order valence-electron chi connectivity index (χ2n) is 6.18. The normalized spacial score (nSPS) is 31.2. The van der Waals surface area contributed by atoms with Crippen molar-refractivity contribution in [2.75, 3.05) is 6.61 Å². The number of hydrogen-bond donors (Lipinski definition) is 1. The van der Waals surface area contributed by atoms with Crippen LogP contribution in [0.4, 0.5) is 0 Å². The van der Waals surface area contributed by atoms with Crippen LogP contribution in [0.5, 0.6) is 5.75 Å². The molecule has 2 aliphatic rings. The molecule has 0 heterocycles. The summed E-state index contributed by atoms with van der Waals surface area (Å²) in [4.78, 5) is 0. The van der Waals surface area contributed by atoms with Crippen LogP contribution in [0.15, 0.2) is 24.3 Å². The Bertz CT molecular complexity index is 421. The molecule has 1 aromatic rings. The Morgan fingerprint density at radius 2 is 1.89 bits per heavy atom. The molecular weight excluding hydrogens is 236 g/mol. The Hall–Kier alpha value is -1.02. The lowest BCUT2D eigenvalue weighted by molar-refractivity contribution is -0.0251. The van der Waals surface area contributed by atoms with Gasteiger partial charge in [0.05, 0.1) is 12.2 Å². The van der Waals surface area contributed by atoms with Crippen LogP contribution in [0.25, 0.3) is 0 Å². The first-order chi connectivity index (χ1) is 9.21. The molecule has 0 aliphatic heterocycles. The highest BCUT2D eigenvalue weighted by molar-refractivity contribution is 5.31. The first-order valence-electron chi connectivity index (χ1n) is 7.67. The Balaban J connectivity index is 1.74. The minimum absolute atomic E-state index is 0.601. The Kier molecular flexibility index (Phi) is 3.53. The van der Waals surface area contributed by atoms with E-state index in [4.69, 9.17) is 4.74 Å². The minimum atomic E-state index is -0.601. The van der Waals surface area contributed by atoms with E-state index in [1.54, 1.807) is 0 Å². The van der Waals surface area contributed by atoms with Gasteiger partial charge in [0, 0.05) is 0 Å². The SMILES string of the molecule is CCOc1ccc(C2(O)CCCC(C3CC3)C2)cc1. The first kappa shape index (κ1) is 13.0. The van der Waals surface area contributed by atoms with Crippen LogP contribution in [-0.4, -0.2) is 11.7 Å². The molecule has 3 rings (SSSR count). The third kappa shape index (κ3) is 2.79. The fraction of sp³-hybridized carbons (Fsp3) is 0.647. The molecule has 0 radical (unpaired) electrons. The first-order valence-corrected chi connectivity index (χ1v) is 7.67. The van der Waals surface area contributed by atoms with Crippen molar-refractivity contribution in [3.63, 3.8) is 0 Å². The topological polar surface area (TPSA) is 29.5 Å². The zero-order valence-electron chi connectivity index (χ0n) is 11.8. The smallest absolute Gasteiger partial charge is 0.119 e. The summed E-state index contributed by atoms with van der Waals surface area (Å²) in [6, 6.07) is 8.05. The summed E-state index contributed by atoms with van der Waals surface area (Å²) >= 11 is 0. The van der Waals surface area contributed by atoms with Crippen molar-refractivity contribution < 1.29 is 9.84 Å². The molecule has 2 heteroatoms. The van der Waals surface area contributed by atoms with Crippen molar-refractivity contribution in [1.82, 2.24) is 0 Å². The lowest BCUT2D eigenvalue weighted by atomic mass is 9.73. The van der Waals surface area contributed by atoms with Crippen LogP contribution < -0.4 is 4.74 Å². The molecule has 0 amide bonds. The second-order valence-corrected chi connectivity index (χ2v) is 6.18. The Morgan fingerprint density at radius 3 is 2.53 bits per heavy atom. The fourth-order valence-electron chi connectivity index (χ4n) is 3.55. The molecule has 2 unspecified atom stereocenters. The molecule has 1 aromatic carbocycles. The van der Waals surface area contributed by atoms with E-state index in [1.165, 1.54) is 19.3 Å². The summed E-state index contributed by atoms with van der Waals surface area (Å²) in [5.74, 6) is 2.53. The van der Waals surface area contributed by atoms with E-state index in [0.29, 0.717) is 6.61 Å². The summed E-state index contributed by atoms with van der Waals surface area (Å²) in [7, 11) is 0. The predicted molar refractivity (Wildman–Crippen MR) is 76.2 cm³/mol. The van der Waals surface area contributed by atoms with Crippen LogP contribution in [0, 0.1) is 11.8 Å². The van der Waals surface area contributed by atoms with Crippen LogP contribution in [0.1, 0.15) is 51.0 Å². The van der Waals surface area contributed by atoms with Crippen molar-refractivity contribution in [3.05, 3.63) is 29.8 Å². The molecule has 19 heavy (non-hydrogen) atoms. The van der Waals surface area contributed by atoms with Gasteiger partial charge in [-0.1, -0.05) is 12.1 Å². The third-order valence-corrected chi connectivity index (χ3v) is 4.76. The molecule has 2 fully saturated rings. The van der Waals surface area contributed by atoms with Gasteiger partial charge in [-0.3, -0.25) is 0 Å². The zero-order chi connectivity index (χ0) is 13.3. The van der Waals surface area contributed by atoms with Crippen molar-refractivity contribution in [2.24, 2.45) is 11.8 Å². The number of benzene rings is 1. The van der Waals surface area contributed by atoms with Gasteiger partial charge in [-0.05, 0) is 75.0 Å². The Labute approximate surface area is 115 Å². The highest BCUT2D eigenvalue weighted by Crippen LogP contribution is 2.49.